The first kappa shape index (κ1) is 22.4. The number of hydrogen-bond donors (Lipinski definition) is 3. The van der Waals surface area contributed by atoms with Gasteiger partial charge in [-0.2, -0.15) is 0 Å². The Balaban J connectivity index is 0.000000309. The molecule has 0 aliphatic carbocycles. The van der Waals surface area contributed by atoms with Gasteiger partial charge in [-0.05, 0) is 18.9 Å². The first-order valence-corrected chi connectivity index (χ1v) is 9.65. The number of nitrogen functional groups attached to an aromatic ring is 2. The molecule has 0 radical (unpaired) electrons. The molecule has 0 aliphatic heterocycles. The number of nitrogens with two attached hydrogens (primary N) is 2. The van der Waals surface area contributed by atoms with Crippen molar-refractivity contribution in [3.8, 4) is 5.75 Å². The maximum absolute atomic E-state index is 11.0. The molecule has 0 aliphatic rings. The lowest BCUT2D eigenvalue weighted by Crippen LogP contribution is -2.26. The van der Waals surface area contributed by atoms with E-state index in [1.807, 2.05) is 37.3 Å². The van der Waals surface area contributed by atoms with Gasteiger partial charge in [0.25, 0.3) is 0 Å². The van der Waals surface area contributed by atoms with Gasteiger partial charge < -0.3 is 21.5 Å². The van der Waals surface area contributed by atoms with Crippen molar-refractivity contribution in [1.29, 1.82) is 0 Å². The minimum absolute atomic E-state index is 0.0539. The van der Waals surface area contributed by atoms with Crippen molar-refractivity contribution < 1.29 is 9.90 Å². The number of Topliss-reactive ketones (excluding diaryl/α,β-unsaturated/α-hetero) is 1. The zero-order chi connectivity index (χ0) is 20.2. The first-order chi connectivity index (χ1) is 12.9. The molecule has 0 atom stereocenters. The number of aromatic hydroxyl groups is 1. The first-order valence-electron chi connectivity index (χ1n) is 9.65. The summed E-state index contributed by atoms with van der Waals surface area (Å²) in [7, 11) is 0. The number of anilines is 3. The van der Waals surface area contributed by atoms with E-state index >= 15 is 0 Å². The quantitative estimate of drug-likeness (QED) is 0.350. The number of phenolic OH excluding ortho intramolecular Hbond substituents is 1. The van der Waals surface area contributed by atoms with E-state index in [1.165, 1.54) is 6.07 Å². The molecule has 0 spiro atoms. The minimum Gasteiger partial charge on any atom is -0.506 e. The van der Waals surface area contributed by atoms with Crippen LogP contribution in [0.5, 0.6) is 5.75 Å². The van der Waals surface area contributed by atoms with Crippen LogP contribution >= 0.6 is 0 Å². The van der Waals surface area contributed by atoms with E-state index in [0.717, 1.165) is 43.6 Å². The van der Waals surface area contributed by atoms with E-state index in [-0.39, 0.29) is 11.5 Å². The van der Waals surface area contributed by atoms with Crippen LogP contribution in [-0.4, -0.2) is 24.0 Å². The molecular formula is C22H33N3O2. The third kappa shape index (κ3) is 7.21. The third-order valence-electron chi connectivity index (χ3n) is 4.21. The second-order valence-electron chi connectivity index (χ2n) is 6.45. The number of benzene rings is 2. The number of ketones is 1. The molecule has 27 heavy (non-hydrogen) atoms. The summed E-state index contributed by atoms with van der Waals surface area (Å²) in [4.78, 5) is 13.2. The van der Waals surface area contributed by atoms with Crippen molar-refractivity contribution in [3.05, 3.63) is 48.0 Å². The largest absolute Gasteiger partial charge is 0.506 e. The van der Waals surface area contributed by atoms with Gasteiger partial charge in [-0.15, -0.1) is 0 Å². The molecule has 0 fully saturated rings. The molecule has 0 saturated carbocycles. The fraction of sp³-hybridized carbons (Fsp3) is 0.409. The van der Waals surface area contributed by atoms with Crippen LogP contribution in [0.15, 0.2) is 42.5 Å². The number of unbranched alkanes of at least 4 members (excludes halogenated alkanes) is 1. The second kappa shape index (κ2) is 11.8. The fourth-order valence-electron chi connectivity index (χ4n) is 2.68. The SMILES string of the molecule is CCC(=O)c1ccccc1.CCCCN(CCC)c1cc(N)c(O)cc1N. The molecule has 0 bridgehead atoms. The number of nitrogens with zero attached hydrogens (tertiary/aromatic N) is 1. The molecule has 2 aromatic carbocycles. The predicted molar refractivity (Wildman–Crippen MR) is 115 cm³/mol. The monoisotopic (exact) mass is 371 g/mol. The molecule has 0 heterocycles. The number of hydrogen-bond acceptors (Lipinski definition) is 5. The highest BCUT2D eigenvalue weighted by atomic mass is 16.3. The molecule has 5 heteroatoms. The number of rotatable bonds is 8. The molecule has 2 aromatic rings. The van der Waals surface area contributed by atoms with Gasteiger partial charge in [0.2, 0.25) is 0 Å². The van der Waals surface area contributed by atoms with E-state index in [4.69, 9.17) is 11.5 Å². The Bertz CT molecular complexity index is 702. The van der Waals surface area contributed by atoms with Crippen LogP contribution in [0.3, 0.4) is 0 Å². The van der Waals surface area contributed by atoms with Crippen molar-refractivity contribution >= 4 is 22.8 Å². The Labute approximate surface area is 163 Å². The summed E-state index contributed by atoms with van der Waals surface area (Å²) >= 11 is 0. The zero-order valence-electron chi connectivity index (χ0n) is 16.7. The summed E-state index contributed by atoms with van der Waals surface area (Å²) in [5, 5.41) is 9.49. The van der Waals surface area contributed by atoms with Crippen LogP contribution in [0.4, 0.5) is 17.1 Å². The molecular weight excluding hydrogens is 338 g/mol. The molecule has 148 valence electrons. The number of phenols is 1. The van der Waals surface area contributed by atoms with E-state index in [0.29, 0.717) is 17.8 Å². The van der Waals surface area contributed by atoms with Gasteiger partial charge in [-0.1, -0.05) is 57.5 Å². The molecule has 5 nitrogen and oxygen atoms in total. The molecule has 2 rings (SSSR count). The van der Waals surface area contributed by atoms with Gasteiger partial charge in [-0.25, -0.2) is 0 Å². The van der Waals surface area contributed by atoms with E-state index in [2.05, 4.69) is 18.7 Å². The Kier molecular flexibility index (Phi) is 9.80. The second-order valence-corrected chi connectivity index (χ2v) is 6.45. The van der Waals surface area contributed by atoms with Crippen molar-refractivity contribution in [2.45, 2.75) is 46.5 Å². The lowest BCUT2D eigenvalue weighted by Gasteiger charge is -2.26. The summed E-state index contributed by atoms with van der Waals surface area (Å²) in [6, 6.07) is 12.6. The maximum atomic E-state index is 11.0. The van der Waals surface area contributed by atoms with Crippen LogP contribution in [0.25, 0.3) is 0 Å². The van der Waals surface area contributed by atoms with Gasteiger partial charge in [0.1, 0.15) is 5.75 Å². The van der Waals surface area contributed by atoms with Crippen LogP contribution in [0.2, 0.25) is 0 Å². The van der Waals surface area contributed by atoms with Gasteiger partial charge >= 0.3 is 0 Å². The summed E-state index contributed by atoms with van der Waals surface area (Å²) in [5.41, 5.74) is 14.4. The standard InChI is InChI=1S/C13H23N3O.C9H10O/c1-3-5-7-16(6-4-2)12-8-11(15)13(17)9-10(12)14;1-2-9(10)8-6-4-3-5-7-8/h8-9,17H,3-7,14-15H2,1-2H3;3-7H,2H2,1H3. The Morgan fingerprint density at radius 2 is 1.63 bits per heavy atom. The molecule has 5 N–H and O–H groups in total. The van der Waals surface area contributed by atoms with Crippen molar-refractivity contribution in [1.82, 2.24) is 0 Å². The zero-order valence-corrected chi connectivity index (χ0v) is 16.7. The summed E-state index contributed by atoms with van der Waals surface area (Å²) in [6.07, 6.45) is 3.92. The van der Waals surface area contributed by atoms with Crippen LogP contribution in [0, 0.1) is 0 Å². The predicted octanol–water partition coefficient (Wildman–Crippen LogP) is 4.85. The Morgan fingerprint density at radius 3 is 2.19 bits per heavy atom. The maximum Gasteiger partial charge on any atom is 0.162 e. The highest BCUT2D eigenvalue weighted by molar-refractivity contribution is 5.95. The minimum atomic E-state index is 0.0539. The fourth-order valence-corrected chi connectivity index (χ4v) is 2.68. The molecule has 0 saturated heterocycles. The van der Waals surface area contributed by atoms with Gasteiger partial charge in [-0.3, -0.25) is 4.79 Å². The lowest BCUT2D eigenvalue weighted by atomic mass is 10.1. The highest BCUT2D eigenvalue weighted by Gasteiger charge is 2.11. The summed E-state index contributed by atoms with van der Waals surface area (Å²) in [6.45, 7) is 8.10. The van der Waals surface area contributed by atoms with Crippen molar-refractivity contribution in [2.24, 2.45) is 0 Å². The Morgan fingerprint density at radius 1 is 0.963 bits per heavy atom. The van der Waals surface area contributed by atoms with Gasteiger partial charge in [0, 0.05) is 31.1 Å². The van der Waals surface area contributed by atoms with Crippen molar-refractivity contribution in [2.75, 3.05) is 29.5 Å². The average Bonchev–Trinajstić information content (AvgIpc) is 2.68. The van der Waals surface area contributed by atoms with E-state index < -0.39 is 0 Å². The number of carbonyl (C=O) groups excluding carboxylic acids is 1. The topological polar surface area (TPSA) is 92.6 Å². The van der Waals surface area contributed by atoms with Crippen LogP contribution in [0.1, 0.15) is 56.8 Å². The third-order valence-corrected chi connectivity index (χ3v) is 4.21. The van der Waals surface area contributed by atoms with Crippen molar-refractivity contribution in [3.63, 3.8) is 0 Å². The highest BCUT2D eigenvalue weighted by Crippen LogP contribution is 2.32. The molecule has 0 unspecified atom stereocenters. The molecule has 0 aromatic heterocycles. The van der Waals surface area contributed by atoms with Gasteiger partial charge in [0.05, 0.1) is 17.1 Å². The van der Waals surface area contributed by atoms with E-state index in [9.17, 15) is 9.90 Å². The smallest absolute Gasteiger partial charge is 0.162 e. The average molecular weight is 372 g/mol. The van der Waals surface area contributed by atoms with Crippen LogP contribution < -0.4 is 16.4 Å². The normalized spacial score (nSPS) is 10.0. The lowest BCUT2D eigenvalue weighted by molar-refractivity contribution is 0.0988. The van der Waals surface area contributed by atoms with Gasteiger partial charge in [0.15, 0.2) is 5.78 Å². The summed E-state index contributed by atoms with van der Waals surface area (Å²) < 4.78 is 0. The Hall–Kier alpha value is -2.69. The van der Waals surface area contributed by atoms with E-state index in [1.54, 1.807) is 6.07 Å². The number of carbonyl (C=O) groups is 1. The van der Waals surface area contributed by atoms with Crippen LogP contribution in [-0.2, 0) is 0 Å². The molecule has 0 amide bonds. The summed E-state index contributed by atoms with van der Waals surface area (Å²) in [5.74, 6) is 0.263.